The van der Waals surface area contributed by atoms with Crippen molar-refractivity contribution in [3.8, 4) is 0 Å². The summed E-state index contributed by atoms with van der Waals surface area (Å²) in [7, 11) is 0. The van der Waals surface area contributed by atoms with Crippen LogP contribution in [0.3, 0.4) is 0 Å². The zero-order chi connectivity index (χ0) is 14.5. The summed E-state index contributed by atoms with van der Waals surface area (Å²) in [6.07, 6.45) is 1.54. The highest BCUT2D eigenvalue weighted by atomic mass is 16.2. The molecule has 0 radical (unpaired) electrons. The maximum Gasteiger partial charge on any atom is 0.239 e. The molecule has 1 saturated heterocycles. The van der Waals surface area contributed by atoms with Crippen molar-refractivity contribution >= 4 is 17.5 Å². The van der Waals surface area contributed by atoms with Crippen LogP contribution in [0.25, 0.3) is 0 Å². The van der Waals surface area contributed by atoms with Gasteiger partial charge in [0.05, 0.1) is 0 Å². The van der Waals surface area contributed by atoms with Crippen LogP contribution in [0.1, 0.15) is 26.7 Å². The molecule has 0 spiro atoms. The number of hydrogen-bond acceptors (Lipinski definition) is 2. The number of carbonyl (C=O) groups excluding carboxylic acids is 2. The summed E-state index contributed by atoms with van der Waals surface area (Å²) in [5.41, 5.74) is 0.870. The van der Waals surface area contributed by atoms with Crippen molar-refractivity contribution in [1.29, 1.82) is 0 Å². The number of nitrogens with one attached hydrogen (secondary N) is 1. The summed E-state index contributed by atoms with van der Waals surface area (Å²) in [4.78, 5) is 26.1. The van der Waals surface area contributed by atoms with Crippen molar-refractivity contribution in [2.45, 2.75) is 26.7 Å². The lowest BCUT2D eigenvalue weighted by Gasteiger charge is -2.16. The number of nitrogens with zero attached hydrogens (tertiary/aromatic N) is 1. The predicted octanol–water partition coefficient (Wildman–Crippen LogP) is 2.20. The highest BCUT2D eigenvalue weighted by molar-refractivity contribution is 6.09. The van der Waals surface area contributed by atoms with E-state index >= 15 is 0 Å². The second kappa shape index (κ2) is 6.55. The minimum absolute atomic E-state index is 0.0850. The van der Waals surface area contributed by atoms with Crippen LogP contribution in [-0.4, -0.2) is 24.9 Å². The third-order valence-corrected chi connectivity index (χ3v) is 3.61. The van der Waals surface area contributed by atoms with Gasteiger partial charge < -0.3 is 10.2 Å². The largest absolute Gasteiger partial charge is 0.355 e. The lowest BCUT2D eigenvalue weighted by atomic mass is 10.1. The zero-order valence-corrected chi connectivity index (χ0v) is 12.1. The molecule has 4 nitrogen and oxygen atoms in total. The average Bonchev–Trinajstić information content (AvgIpc) is 2.81. The SMILES string of the molecule is CC(C)CCNC(=O)C1CCN(c2ccccc2)C1=O. The van der Waals surface area contributed by atoms with E-state index in [1.807, 2.05) is 30.3 Å². The van der Waals surface area contributed by atoms with Crippen LogP contribution in [0.5, 0.6) is 0 Å². The van der Waals surface area contributed by atoms with Gasteiger partial charge in [-0.1, -0.05) is 32.0 Å². The minimum Gasteiger partial charge on any atom is -0.355 e. The first kappa shape index (κ1) is 14.6. The summed E-state index contributed by atoms with van der Waals surface area (Å²) in [5, 5.41) is 2.87. The van der Waals surface area contributed by atoms with Crippen LogP contribution in [0, 0.1) is 11.8 Å². The van der Waals surface area contributed by atoms with Gasteiger partial charge in [0.2, 0.25) is 11.8 Å². The highest BCUT2D eigenvalue weighted by Gasteiger charge is 2.37. The Hall–Kier alpha value is -1.84. The summed E-state index contributed by atoms with van der Waals surface area (Å²) in [6, 6.07) is 9.52. The Morgan fingerprint density at radius 3 is 2.70 bits per heavy atom. The summed E-state index contributed by atoms with van der Waals surface area (Å²) in [5.74, 6) is -0.190. The van der Waals surface area contributed by atoms with Crippen molar-refractivity contribution < 1.29 is 9.59 Å². The second-order valence-corrected chi connectivity index (χ2v) is 5.64. The van der Waals surface area contributed by atoms with Gasteiger partial charge in [-0.3, -0.25) is 9.59 Å². The quantitative estimate of drug-likeness (QED) is 0.837. The molecule has 1 atom stereocenters. The van der Waals surface area contributed by atoms with E-state index in [1.165, 1.54) is 0 Å². The van der Waals surface area contributed by atoms with Crippen molar-refractivity contribution in [2.75, 3.05) is 18.0 Å². The van der Waals surface area contributed by atoms with E-state index < -0.39 is 5.92 Å². The molecular formula is C16H22N2O2. The molecule has 2 amide bonds. The smallest absolute Gasteiger partial charge is 0.239 e. The first-order valence-electron chi connectivity index (χ1n) is 7.23. The van der Waals surface area contributed by atoms with Gasteiger partial charge in [0.25, 0.3) is 0 Å². The molecule has 1 unspecified atom stereocenters. The maximum atomic E-state index is 12.3. The Morgan fingerprint density at radius 2 is 2.05 bits per heavy atom. The number of para-hydroxylation sites is 1. The van der Waals surface area contributed by atoms with Crippen LogP contribution in [0.2, 0.25) is 0 Å². The van der Waals surface area contributed by atoms with E-state index in [1.54, 1.807) is 4.90 Å². The topological polar surface area (TPSA) is 49.4 Å². The summed E-state index contributed by atoms with van der Waals surface area (Å²) < 4.78 is 0. The van der Waals surface area contributed by atoms with E-state index in [-0.39, 0.29) is 11.8 Å². The number of rotatable bonds is 5. The Labute approximate surface area is 120 Å². The van der Waals surface area contributed by atoms with E-state index in [2.05, 4.69) is 19.2 Å². The normalized spacial score (nSPS) is 18.6. The van der Waals surface area contributed by atoms with Gasteiger partial charge in [0, 0.05) is 18.8 Å². The lowest BCUT2D eigenvalue weighted by Crippen LogP contribution is -2.37. The Kier molecular flexibility index (Phi) is 4.77. The molecule has 1 aromatic rings. The van der Waals surface area contributed by atoms with Gasteiger partial charge >= 0.3 is 0 Å². The summed E-state index contributed by atoms with van der Waals surface area (Å²) in [6.45, 7) is 5.49. The number of anilines is 1. The Bertz CT molecular complexity index is 471. The molecule has 1 N–H and O–H groups in total. The first-order chi connectivity index (χ1) is 9.59. The molecule has 4 heteroatoms. The van der Waals surface area contributed by atoms with Crippen molar-refractivity contribution in [3.63, 3.8) is 0 Å². The molecular weight excluding hydrogens is 252 g/mol. The number of hydrogen-bond donors (Lipinski definition) is 1. The first-order valence-corrected chi connectivity index (χ1v) is 7.23. The van der Waals surface area contributed by atoms with Crippen LogP contribution in [0.15, 0.2) is 30.3 Å². The molecule has 1 aromatic carbocycles. The van der Waals surface area contributed by atoms with E-state index in [0.29, 0.717) is 25.4 Å². The number of benzene rings is 1. The minimum atomic E-state index is -0.526. The zero-order valence-electron chi connectivity index (χ0n) is 12.1. The van der Waals surface area contributed by atoms with Crippen LogP contribution in [-0.2, 0) is 9.59 Å². The molecule has 0 saturated carbocycles. The van der Waals surface area contributed by atoms with Gasteiger partial charge in [-0.2, -0.15) is 0 Å². The van der Waals surface area contributed by atoms with Gasteiger partial charge in [-0.25, -0.2) is 0 Å². The lowest BCUT2D eigenvalue weighted by molar-refractivity contribution is -0.132. The Morgan fingerprint density at radius 1 is 1.35 bits per heavy atom. The fraction of sp³-hybridized carbons (Fsp3) is 0.500. The molecule has 0 bridgehead atoms. The molecule has 20 heavy (non-hydrogen) atoms. The monoisotopic (exact) mass is 274 g/mol. The molecule has 1 heterocycles. The number of amides is 2. The predicted molar refractivity (Wildman–Crippen MR) is 79.4 cm³/mol. The molecule has 1 aliphatic heterocycles. The fourth-order valence-corrected chi connectivity index (χ4v) is 2.39. The Balaban J connectivity index is 1.92. The van der Waals surface area contributed by atoms with Crippen molar-refractivity contribution in [2.24, 2.45) is 11.8 Å². The van der Waals surface area contributed by atoms with E-state index in [4.69, 9.17) is 0 Å². The van der Waals surface area contributed by atoms with E-state index in [0.717, 1.165) is 12.1 Å². The summed E-state index contributed by atoms with van der Waals surface area (Å²) >= 11 is 0. The van der Waals surface area contributed by atoms with Crippen LogP contribution in [0.4, 0.5) is 5.69 Å². The third kappa shape index (κ3) is 3.38. The van der Waals surface area contributed by atoms with Crippen molar-refractivity contribution in [3.05, 3.63) is 30.3 Å². The van der Waals surface area contributed by atoms with Gasteiger partial charge in [-0.05, 0) is 30.9 Å². The molecule has 2 rings (SSSR count). The molecule has 108 valence electrons. The number of carbonyl (C=O) groups is 2. The third-order valence-electron chi connectivity index (χ3n) is 3.61. The van der Waals surface area contributed by atoms with E-state index in [9.17, 15) is 9.59 Å². The second-order valence-electron chi connectivity index (χ2n) is 5.64. The average molecular weight is 274 g/mol. The standard InChI is InChI=1S/C16H22N2O2/c1-12(2)8-10-17-15(19)14-9-11-18(16(14)20)13-6-4-3-5-7-13/h3-7,12,14H,8-11H2,1-2H3,(H,17,19). The molecule has 1 aliphatic rings. The fourth-order valence-electron chi connectivity index (χ4n) is 2.39. The van der Waals surface area contributed by atoms with Crippen LogP contribution < -0.4 is 10.2 Å². The van der Waals surface area contributed by atoms with Gasteiger partial charge in [0.15, 0.2) is 0 Å². The van der Waals surface area contributed by atoms with Crippen LogP contribution >= 0.6 is 0 Å². The van der Waals surface area contributed by atoms with Crippen molar-refractivity contribution in [1.82, 2.24) is 5.32 Å². The highest BCUT2D eigenvalue weighted by Crippen LogP contribution is 2.24. The molecule has 1 fully saturated rings. The maximum absolute atomic E-state index is 12.3. The van der Waals surface area contributed by atoms with Gasteiger partial charge in [-0.15, -0.1) is 0 Å². The van der Waals surface area contributed by atoms with Gasteiger partial charge in [0.1, 0.15) is 5.92 Å². The molecule has 0 aliphatic carbocycles. The molecule has 0 aromatic heterocycles.